The van der Waals surface area contributed by atoms with Crippen molar-refractivity contribution in [1.29, 1.82) is 0 Å². The predicted molar refractivity (Wildman–Crippen MR) is 79.3 cm³/mol. The van der Waals surface area contributed by atoms with Crippen LogP contribution in [0, 0.1) is 0 Å². The molecule has 0 fully saturated rings. The summed E-state index contributed by atoms with van der Waals surface area (Å²) in [5, 5.41) is 3.11. The summed E-state index contributed by atoms with van der Waals surface area (Å²) in [6.45, 7) is 1.92. The highest BCUT2D eigenvalue weighted by Crippen LogP contribution is 2.18. The second kappa shape index (κ2) is 6.17. The molecular weight excluding hydrogens is 328 g/mol. The molecule has 1 aromatic carbocycles. The van der Waals surface area contributed by atoms with Crippen LogP contribution in [0.2, 0.25) is 5.15 Å². The number of nitrogens with zero attached hydrogens (tertiary/aromatic N) is 1. The van der Waals surface area contributed by atoms with Gasteiger partial charge >= 0.3 is 0 Å². The molecule has 2 rings (SSSR count). The number of carbonyl (C=O) groups is 1. The summed E-state index contributed by atoms with van der Waals surface area (Å²) in [7, 11) is 0. The average Bonchev–Trinajstić information content (AvgIpc) is 2.39. The lowest BCUT2D eigenvalue weighted by Crippen LogP contribution is -2.27. The van der Waals surface area contributed by atoms with Crippen LogP contribution in [-0.2, 0) is 0 Å². The average molecular weight is 340 g/mol. The van der Waals surface area contributed by atoms with E-state index < -0.39 is 0 Å². The van der Waals surface area contributed by atoms with E-state index in [0.29, 0.717) is 5.56 Å². The summed E-state index contributed by atoms with van der Waals surface area (Å²) >= 11 is 9.27. The van der Waals surface area contributed by atoms with Gasteiger partial charge in [-0.25, -0.2) is 4.98 Å². The molecule has 0 aliphatic heterocycles. The van der Waals surface area contributed by atoms with Crippen molar-refractivity contribution in [1.82, 2.24) is 10.3 Å². The van der Waals surface area contributed by atoms with Gasteiger partial charge < -0.3 is 5.32 Å². The number of rotatable bonds is 3. The Kier molecular flexibility index (Phi) is 4.56. The SMILES string of the molecule is C[C@H](NC(=O)c1cccnc1Cl)c1ccc(Br)cc1. The standard InChI is InChI=1S/C14H12BrClN2O/c1-9(10-4-6-11(15)7-5-10)18-14(19)12-3-2-8-17-13(12)16/h2-9H,1H3,(H,18,19)/t9-/m0/s1. The van der Waals surface area contributed by atoms with Crippen molar-refractivity contribution >= 4 is 33.4 Å². The van der Waals surface area contributed by atoms with Crippen LogP contribution in [0.1, 0.15) is 28.9 Å². The number of nitrogens with one attached hydrogen (secondary N) is 1. The molecular formula is C14H12BrClN2O. The number of halogens is 2. The molecule has 0 aliphatic rings. The fourth-order valence-corrected chi connectivity index (χ4v) is 2.13. The van der Waals surface area contributed by atoms with E-state index in [-0.39, 0.29) is 17.1 Å². The minimum absolute atomic E-state index is 0.100. The van der Waals surface area contributed by atoms with Crippen LogP contribution >= 0.6 is 27.5 Å². The quantitative estimate of drug-likeness (QED) is 0.859. The molecule has 19 heavy (non-hydrogen) atoms. The minimum Gasteiger partial charge on any atom is -0.345 e. The highest BCUT2D eigenvalue weighted by molar-refractivity contribution is 9.10. The molecule has 1 amide bonds. The van der Waals surface area contributed by atoms with Crippen LogP contribution in [0.25, 0.3) is 0 Å². The normalized spacial score (nSPS) is 11.9. The van der Waals surface area contributed by atoms with Gasteiger partial charge in [0.25, 0.3) is 5.91 Å². The monoisotopic (exact) mass is 338 g/mol. The number of amides is 1. The third kappa shape index (κ3) is 3.55. The van der Waals surface area contributed by atoms with Gasteiger partial charge in [-0.05, 0) is 36.8 Å². The van der Waals surface area contributed by atoms with E-state index in [0.717, 1.165) is 10.0 Å². The first-order valence-electron chi connectivity index (χ1n) is 5.75. The Morgan fingerprint density at radius 3 is 2.63 bits per heavy atom. The van der Waals surface area contributed by atoms with Crippen molar-refractivity contribution in [3.63, 3.8) is 0 Å². The first-order valence-corrected chi connectivity index (χ1v) is 6.92. The molecule has 0 aliphatic carbocycles. The topological polar surface area (TPSA) is 42.0 Å². The molecule has 0 bridgehead atoms. The third-order valence-electron chi connectivity index (χ3n) is 2.72. The molecule has 1 N–H and O–H groups in total. The van der Waals surface area contributed by atoms with Crippen molar-refractivity contribution in [2.75, 3.05) is 0 Å². The molecule has 0 saturated heterocycles. The fraction of sp³-hybridized carbons (Fsp3) is 0.143. The van der Waals surface area contributed by atoms with Gasteiger partial charge in [-0.2, -0.15) is 0 Å². The smallest absolute Gasteiger partial charge is 0.254 e. The van der Waals surface area contributed by atoms with Gasteiger partial charge in [0.05, 0.1) is 11.6 Å². The molecule has 0 spiro atoms. The minimum atomic E-state index is -0.228. The van der Waals surface area contributed by atoms with Gasteiger partial charge in [-0.3, -0.25) is 4.79 Å². The maximum absolute atomic E-state index is 12.1. The lowest BCUT2D eigenvalue weighted by molar-refractivity contribution is 0.0939. The van der Waals surface area contributed by atoms with Crippen molar-refractivity contribution in [2.45, 2.75) is 13.0 Å². The Bertz CT molecular complexity index is 586. The van der Waals surface area contributed by atoms with E-state index in [4.69, 9.17) is 11.6 Å². The van der Waals surface area contributed by atoms with Crippen LogP contribution in [0.15, 0.2) is 47.1 Å². The molecule has 1 atom stereocenters. The van der Waals surface area contributed by atoms with Crippen LogP contribution in [0.5, 0.6) is 0 Å². The van der Waals surface area contributed by atoms with E-state index >= 15 is 0 Å². The summed E-state index contributed by atoms with van der Waals surface area (Å²) < 4.78 is 1.00. The van der Waals surface area contributed by atoms with Gasteiger partial charge in [0.1, 0.15) is 5.15 Å². The van der Waals surface area contributed by atoms with Crippen molar-refractivity contribution < 1.29 is 4.79 Å². The van der Waals surface area contributed by atoms with E-state index in [1.54, 1.807) is 18.3 Å². The molecule has 1 aromatic heterocycles. The molecule has 5 heteroatoms. The highest BCUT2D eigenvalue weighted by Gasteiger charge is 2.14. The lowest BCUT2D eigenvalue weighted by Gasteiger charge is -2.14. The van der Waals surface area contributed by atoms with Crippen LogP contribution in [0.3, 0.4) is 0 Å². The largest absolute Gasteiger partial charge is 0.345 e. The molecule has 3 nitrogen and oxygen atoms in total. The maximum atomic E-state index is 12.1. The Balaban J connectivity index is 2.11. The maximum Gasteiger partial charge on any atom is 0.254 e. The van der Waals surface area contributed by atoms with Gasteiger partial charge in [-0.15, -0.1) is 0 Å². The first kappa shape index (κ1) is 14.0. The van der Waals surface area contributed by atoms with Crippen LogP contribution in [0.4, 0.5) is 0 Å². The van der Waals surface area contributed by atoms with Crippen LogP contribution in [-0.4, -0.2) is 10.9 Å². The second-order valence-electron chi connectivity index (χ2n) is 4.09. The van der Waals surface area contributed by atoms with Gasteiger partial charge in [0.2, 0.25) is 0 Å². The number of benzene rings is 1. The van der Waals surface area contributed by atoms with E-state index in [1.165, 1.54) is 0 Å². The van der Waals surface area contributed by atoms with E-state index in [1.807, 2.05) is 31.2 Å². The lowest BCUT2D eigenvalue weighted by atomic mass is 10.1. The Hall–Kier alpha value is -1.39. The summed E-state index contributed by atoms with van der Waals surface area (Å²) in [4.78, 5) is 16.0. The molecule has 0 radical (unpaired) electrons. The second-order valence-corrected chi connectivity index (χ2v) is 5.36. The Labute approximate surface area is 125 Å². The van der Waals surface area contributed by atoms with Crippen molar-refractivity contribution in [2.24, 2.45) is 0 Å². The third-order valence-corrected chi connectivity index (χ3v) is 3.55. The van der Waals surface area contributed by atoms with Gasteiger partial charge in [-0.1, -0.05) is 39.7 Å². The van der Waals surface area contributed by atoms with Gasteiger partial charge in [0.15, 0.2) is 0 Å². The highest BCUT2D eigenvalue weighted by atomic mass is 79.9. The fourth-order valence-electron chi connectivity index (χ4n) is 1.66. The summed E-state index contributed by atoms with van der Waals surface area (Å²) in [6, 6.07) is 11.0. The predicted octanol–water partition coefficient (Wildman–Crippen LogP) is 3.99. The zero-order valence-corrected chi connectivity index (χ0v) is 12.6. The van der Waals surface area contributed by atoms with Crippen molar-refractivity contribution in [3.05, 3.63) is 63.3 Å². The van der Waals surface area contributed by atoms with E-state index in [2.05, 4.69) is 26.2 Å². The van der Waals surface area contributed by atoms with E-state index in [9.17, 15) is 4.79 Å². The molecule has 0 unspecified atom stereocenters. The zero-order chi connectivity index (χ0) is 13.8. The first-order chi connectivity index (χ1) is 9.08. The number of pyridine rings is 1. The molecule has 2 aromatic rings. The summed E-state index contributed by atoms with van der Waals surface area (Å²) in [6.07, 6.45) is 1.55. The van der Waals surface area contributed by atoms with Crippen molar-refractivity contribution in [3.8, 4) is 0 Å². The number of hydrogen-bond donors (Lipinski definition) is 1. The number of hydrogen-bond acceptors (Lipinski definition) is 2. The summed E-state index contributed by atoms with van der Waals surface area (Å²) in [5.74, 6) is -0.228. The van der Waals surface area contributed by atoms with Crippen LogP contribution < -0.4 is 5.32 Å². The van der Waals surface area contributed by atoms with Gasteiger partial charge in [0, 0.05) is 10.7 Å². The zero-order valence-electron chi connectivity index (χ0n) is 10.2. The Morgan fingerprint density at radius 2 is 2.00 bits per heavy atom. The molecule has 1 heterocycles. The molecule has 98 valence electrons. The summed E-state index contributed by atoms with van der Waals surface area (Å²) in [5.41, 5.74) is 1.41. The number of carbonyl (C=O) groups excluding carboxylic acids is 1. The number of aromatic nitrogens is 1. The molecule has 0 saturated carbocycles. The Morgan fingerprint density at radius 1 is 1.32 bits per heavy atom.